The Labute approximate surface area is 136 Å². The van der Waals surface area contributed by atoms with Gasteiger partial charge in [0.25, 0.3) is 6.33 Å². The summed E-state index contributed by atoms with van der Waals surface area (Å²) in [5.41, 5.74) is 2.22. The zero-order valence-electron chi connectivity index (χ0n) is 12.2. The van der Waals surface area contributed by atoms with E-state index in [2.05, 4.69) is 15.9 Å². The molecule has 1 aromatic heterocycles. The summed E-state index contributed by atoms with van der Waals surface area (Å²) in [4.78, 5) is 24.4. The number of Topliss-reactive ketones (excluding diaryl/α,β-unsaturated/α-hetero) is 1. The first kappa shape index (κ1) is 15.0. The number of carbonyl (C=O) groups excluding carboxylic acids is 2. The zero-order chi connectivity index (χ0) is 15.7. The van der Waals surface area contributed by atoms with Crippen molar-refractivity contribution in [1.29, 1.82) is 0 Å². The Morgan fingerprint density at radius 2 is 2.23 bits per heavy atom. The SMILES string of the molecule is CCOC(=O)n1c[n+](-c2cccc(Br)c2)c2c1C(=O)CCC2. The maximum absolute atomic E-state index is 12.3. The van der Waals surface area contributed by atoms with Gasteiger partial charge in [-0.1, -0.05) is 22.0 Å². The molecule has 1 heterocycles. The van der Waals surface area contributed by atoms with Crippen LogP contribution in [0.2, 0.25) is 0 Å². The summed E-state index contributed by atoms with van der Waals surface area (Å²) in [6.45, 7) is 2.02. The van der Waals surface area contributed by atoms with Crippen LogP contribution in [0, 0.1) is 0 Å². The highest BCUT2D eigenvalue weighted by molar-refractivity contribution is 9.10. The Bertz CT molecular complexity index is 752. The van der Waals surface area contributed by atoms with Crippen molar-refractivity contribution in [3.05, 3.63) is 46.5 Å². The number of ketones is 1. The molecule has 6 heteroatoms. The highest BCUT2D eigenvalue weighted by atomic mass is 79.9. The van der Waals surface area contributed by atoms with E-state index in [1.807, 2.05) is 28.8 Å². The minimum absolute atomic E-state index is 0.0111. The van der Waals surface area contributed by atoms with E-state index in [0.29, 0.717) is 12.1 Å². The number of carbonyl (C=O) groups is 2. The van der Waals surface area contributed by atoms with Gasteiger partial charge >= 0.3 is 6.09 Å². The van der Waals surface area contributed by atoms with Crippen molar-refractivity contribution in [2.45, 2.75) is 26.2 Å². The van der Waals surface area contributed by atoms with Gasteiger partial charge < -0.3 is 4.74 Å². The van der Waals surface area contributed by atoms with E-state index in [0.717, 1.165) is 28.7 Å². The van der Waals surface area contributed by atoms with Crippen molar-refractivity contribution in [2.24, 2.45) is 0 Å². The van der Waals surface area contributed by atoms with Crippen LogP contribution in [0.5, 0.6) is 0 Å². The van der Waals surface area contributed by atoms with Crippen LogP contribution in [0.3, 0.4) is 0 Å². The number of rotatable bonds is 2. The number of benzene rings is 1. The average molecular weight is 364 g/mol. The molecule has 0 atom stereocenters. The van der Waals surface area contributed by atoms with E-state index in [1.54, 1.807) is 13.3 Å². The standard InChI is InChI=1S/C16H16BrN2O3/c1-2-22-16(21)19-10-18(12-6-3-5-11(17)9-12)13-7-4-8-14(20)15(13)19/h3,5-6,9-10H,2,4,7-8H2,1H3/q+1. The van der Waals surface area contributed by atoms with E-state index in [4.69, 9.17) is 4.74 Å². The molecule has 1 aliphatic carbocycles. The number of hydrogen-bond acceptors (Lipinski definition) is 3. The monoisotopic (exact) mass is 363 g/mol. The van der Waals surface area contributed by atoms with Crippen molar-refractivity contribution in [3.8, 4) is 5.69 Å². The Kier molecular flexibility index (Phi) is 4.11. The molecular weight excluding hydrogens is 348 g/mol. The normalized spacial score (nSPS) is 13.8. The number of nitrogens with zero attached hydrogens (tertiary/aromatic N) is 2. The quantitative estimate of drug-likeness (QED) is 0.770. The second kappa shape index (κ2) is 6.04. The molecule has 22 heavy (non-hydrogen) atoms. The second-order valence-electron chi connectivity index (χ2n) is 5.11. The molecule has 0 fully saturated rings. The molecule has 5 nitrogen and oxygen atoms in total. The molecule has 1 aromatic carbocycles. The van der Waals surface area contributed by atoms with Crippen LogP contribution in [-0.4, -0.2) is 23.1 Å². The second-order valence-corrected chi connectivity index (χ2v) is 6.02. The minimum atomic E-state index is -0.511. The van der Waals surface area contributed by atoms with Gasteiger partial charge in [-0.2, -0.15) is 9.36 Å². The summed E-state index contributed by atoms with van der Waals surface area (Å²) in [7, 11) is 0. The molecule has 114 valence electrons. The van der Waals surface area contributed by atoms with Crippen LogP contribution in [0.1, 0.15) is 35.9 Å². The molecule has 0 saturated carbocycles. The smallest absolute Gasteiger partial charge is 0.431 e. The number of aromatic nitrogens is 2. The lowest BCUT2D eigenvalue weighted by atomic mass is 9.99. The number of hydrogen-bond donors (Lipinski definition) is 0. The van der Waals surface area contributed by atoms with Gasteiger partial charge in [-0.3, -0.25) is 4.79 Å². The van der Waals surface area contributed by atoms with Crippen LogP contribution >= 0.6 is 15.9 Å². The summed E-state index contributed by atoms with van der Waals surface area (Å²) < 4.78 is 9.24. The molecule has 0 saturated heterocycles. The first-order chi connectivity index (χ1) is 10.6. The molecule has 0 amide bonds. The van der Waals surface area contributed by atoms with E-state index >= 15 is 0 Å². The average Bonchev–Trinajstić information content (AvgIpc) is 2.88. The summed E-state index contributed by atoms with van der Waals surface area (Å²) in [5.74, 6) is -0.0111. The topological polar surface area (TPSA) is 52.2 Å². The third-order valence-electron chi connectivity index (χ3n) is 3.67. The fourth-order valence-electron chi connectivity index (χ4n) is 2.74. The summed E-state index contributed by atoms with van der Waals surface area (Å²) >= 11 is 3.45. The minimum Gasteiger partial charge on any atom is -0.431 e. The van der Waals surface area contributed by atoms with Gasteiger partial charge in [0.1, 0.15) is 5.69 Å². The largest absolute Gasteiger partial charge is 0.512 e. The van der Waals surface area contributed by atoms with Crippen molar-refractivity contribution in [2.75, 3.05) is 6.61 Å². The van der Waals surface area contributed by atoms with E-state index < -0.39 is 6.09 Å². The summed E-state index contributed by atoms with van der Waals surface area (Å²) in [6, 6.07) is 7.75. The predicted molar refractivity (Wildman–Crippen MR) is 83.4 cm³/mol. The fraction of sp³-hybridized carbons (Fsp3) is 0.312. The molecule has 0 N–H and O–H groups in total. The Hall–Kier alpha value is -1.95. The van der Waals surface area contributed by atoms with Crippen LogP contribution in [0.25, 0.3) is 5.69 Å². The van der Waals surface area contributed by atoms with Crippen molar-refractivity contribution in [1.82, 2.24) is 4.57 Å². The predicted octanol–water partition coefficient (Wildman–Crippen LogP) is 3.05. The highest BCUT2D eigenvalue weighted by Crippen LogP contribution is 2.21. The van der Waals surface area contributed by atoms with E-state index in [1.165, 1.54) is 4.57 Å². The third-order valence-corrected chi connectivity index (χ3v) is 4.16. The first-order valence-corrected chi connectivity index (χ1v) is 8.03. The van der Waals surface area contributed by atoms with Crippen molar-refractivity contribution < 1.29 is 18.9 Å². The number of halogens is 1. The lowest BCUT2D eigenvalue weighted by molar-refractivity contribution is -0.603. The van der Waals surface area contributed by atoms with Gasteiger partial charge in [-0.15, -0.1) is 4.57 Å². The lowest BCUT2D eigenvalue weighted by Crippen LogP contribution is -2.34. The molecule has 0 spiro atoms. The van der Waals surface area contributed by atoms with Gasteiger partial charge in [0.15, 0.2) is 5.69 Å². The van der Waals surface area contributed by atoms with Crippen LogP contribution in [0.15, 0.2) is 35.1 Å². The van der Waals surface area contributed by atoms with E-state index in [9.17, 15) is 9.59 Å². The molecule has 0 unspecified atom stereocenters. The van der Waals surface area contributed by atoms with Crippen LogP contribution in [0.4, 0.5) is 4.79 Å². The Balaban J connectivity index is 2.17. The molecule has 0 aliphatic heterocycles. The molecule has 2 aromatic rings. The fourth-order valence-corrected chi connectivity index (χ4v) is 3.13. The van der Waals surface area contributed by atoms with Gasteiger partial charge in [0.2, 0.25) is 11.5 Å². The number of fused-ring (bicyclic) bond motifs is 1. The summed E-state index contributed by atoms with van der Waals surface area (Å²) in [6.07, 6.45) is 3.16. The number of imidazole rings is 1. The Morgan fingerprint density at radius 1 is 1.41 bits per heavy atom. The van der Waals surface area contributed by atoms with Gasteiger partial charge in [0.05, 0.1) is 6.61 Å². The lowest BCUT2D eigenvalue weighted by Gasteiger charge is -2.08. The summed E-state index contributed by atoms with van der Waals surface area (Å²) in [5, 5.41) is 0. The van der Waals surface area contributed by atoms with Gasteiger partial charge in [-0.25, -0.2) is 0 Å². The Morgan fingerprint density at radius 3 is 2.95 bits per heavy atom. The van der Waals surface area contributed by atoms with E-state index in [-0.39, 0.29) is 12.4 Å². The maximum Gasteiger partial charge on any atom is 0.512 e. The number of ether oxygens (including phenoxy) is 1. The van der Waals surface area contributed by atoms with Crippen LogP contribution < -0.4 is 4.57 Å². The van der Waals surface area contributed by atoms with Gasteiger partial charge in [-0.05, 0) is 31.5 Å². The highest BCUT2D eigenvalue weighted by Gasteiger charge is 2.36. The third kappa shape index (κ3) is 2.59. The zero-order valence-corrected chi connectivity index (χ0v) is 13.8. The maximum atomic E-state index is 12.3. The van der Waals surface area contributed by atoms with Crippen molar-refractivity contribution in [3.63, 3.8) is 0 Å². The van der Waals surface area contributed by atoms with Gasteiger partial charge in [0, 0.05) is 17.3 Å². The molecule has 0 bridgehead atoms. The molecule has 3 rings (SSSR count). The molecular formula is C16H16BrN2O3+. The molecule has 0 radical (unpaired) electrons. The van der Waals surface area contributed by atoms with Crippen LogP contribution in [-0.2, 0) is 11.2 Å². The molecule has 1 aliphatic rings. The van der Waals surface area contributed by atoms with Crippen molar-refractivity contribution >= 4 is 27.8 Å². The first-order valence-electron chi connectivity index (χ1n) is 7.24.